The van der Waals surface area contributed by atoms with E-state index in [1.165, 1.54) is 0 Å². The molecule has 0 aliphatic carbocycles. The summed E-state index contributed by atoms with van der Waals surface area (Å²) in [5.41, 5.74) is 0.855. The Bertz CT molecular complexity index is 684. The number of amides is 1. The van der Waals surface area contributed by atoms with E-state index in [2.05, 4.69) is 17.1 Å². The minimum absolute atomic E-state index is 0.0901. The van der Waals surface area contributed by atoms with Crippen LogP contribution in [-0.2, 0) is 4.79 Å². The molecule has 24 heavy (non-hydrogen) atoms. The summed E-state index contributed by atoms with van der Waals surface area (Å²) in [7, 11) is 0. The molecule has 0 bridgehead atoms. The van der Waals surface area contributed by atoms with Gasteiger partial charge in [0.1, 0.15) is 6.04 Å². The minimum atomic E-state index is -0.0901. The molecule has 128 valence electrons. The van der Waals surface area contributed by atoms with Crippen molar-refractivity contribution in [1.82, 2.24) is 15.0 Å². The van der Waals surface area contributed by atoms with Crippen molar-refractivity contribution in [3.63, 3.8) is 0 Å². The fourth-order valence-electron chi connectivity index (χ4n) is 3.08. The van der Waals surface area contributed by atoms with Crippen LogP contribution in [0.25, 0.3) is 11.4 Å². The second-order valence-corrected chi connectivity index (χ2v) is 6.60. The van der Waals surface area contributed by atoms with Gasteiger partial charge in [0.05, 0.1) is 0 Å². The molecular formula is C18H22ClN3O2. The highest BCUT2D eigenvalue weighted by atomic mass is 35.5. The summed E-state index contributed by atoms with van der Waals surface area (Å²) in [6, 6.07) is 7.23. The lowest BCUT2D eigenvalue weighted by Gasteiger charge is -2.21. The van der Waals surface area contributed by atoms with E-state index in [0.717, 1.165) is 44.2 Å². The van der Waals surface area contributed by atoms with Crippen LogP contribution in [0, 0.1) is 0 Å². The molecule has 1 aromatic carbocycles. The molecule has 5 nitrogen and oxygen atoms in total. The first kappa shape index (κ1) is 17.0. The van der Waals surface area contributed by atoms with E-state index < -0.39 is 0 Å². The monoisotopic (exact) mass is 347 g/mol. The predicted molar refractivity (Wildman–Crippen MR) is 92.6 cm³/mol. The number of carbonyl (C=O) groups excluding carboxylic acids is 1. The molecule has 2 heterocycles. The molecule has 1 amide bonds. The third-order valence-corrected chi connectivity index (χ3v) is 4.65. The quantitative estimate of drug-likeness (QED) is 0.714. The van der Waals surface area contributed by atoms with Crippen molar-refractivity contribution in [2.24, 2.45) is 0 Å². The number of nitrogens with zero attached hydrogens (tertiary/aromatic N) is 3. The van der Waals surface area contributed by atoms with Crippen molar-refractivity contribution in [2.45, 2.75) is 51.5 Å². The van der Waals surface area contributed by atoms with Gasteiger partial charge in [0.15, 0.2) is 0 Å². The molecular weight excluding hydrogens is 326 g/mol. The van der Waals surface area contributed by atoms with Gasteiger partial charge in [-0.2, -0.15) is 4.98 Å². The lowest BCUT2D eigenvalue weighted by atomic mass is 10.1. The van der Waals surface area contributed by atoms with Crippen LogP contribution in [0.2, 0.25) is 5.02 Å². The summed E-state index contributed by atoms with van der Waals surface area (Å²) in [5.74, 6) is 1.26. The lowest BCUT2D eigenvalue weighted by molar-refractivity contribution is -0.132. The largest absolute Gasteiger partial charge is 0.337 e. The molecule has 1 atom stereocenters. The number of benzene rings is 1. The molecule has 0 saturated carbocycles. The first-order valence-corrected chi connectivity index (χ1v) is 8.96. The fourth-order valence-corrected chi connectivity index (χ4v) is 3.20. The van der Waals surface area contributed by atoms with Crippen LogP contribution < -0.4 is 0 Å². The molecule has 1 aromatic heterocycles. The Kier molecular flexibility index (Phi) is 5.51. The number of unbranched alkanes of at least 4 members (excludes halogenated alkanes) is 2. The van der Waals surface area contributed by atoms with Crippen molar-refractivity contribution >= 4 is 17.5 Å². The number of hydrogen-bond donors (Lipinski definition) is 0. The van der Waals surface area contributed by atoms with Gasteiger partial charge in [0.25, 0.3) is 0 Å². The highest BCUT2D eigenvalue weighted by Crippen LogP contribution is 2.32. The number of carbonyl (C=O) groups is 1. The molecule has 1 unspecified atom stereocenters. The van der Waals surface area contributed by atoms with Gasteiger partial charge in [0.2, 0.25) is 17.6 Å². The van der Waals surface area contributed by atoms with Crippen molar-refractivity contribution < 1.29 is 9.32 Å². The summed E-state index contributed by atoms with van der Waals surface area (Å²) in [6.07, 6.45) is 5.60. The maximum Gasteiger partial charge on any atom is 0.249 e. The maximum absolute atomic E-state index is 12.4. The van der Waals surface area contributed by atoms with Crippen molar-refractivity contribution in [2.75, 3.05) is 6.54 Å². The molecule has 1 fully saturated rings. The number of aromatic nitrogens is 2. The average molecular weight is 348 g/mol. The molecule has 1 aliphatic heterocycles. The Morgan fingerprint density at radius 2 is 2.12 bits per heavy atom. The smallest absolute Gasteiger partial charge is 0.249 e. The second-order valence-electron chi connectivity index (χ2n) is 6.17. The van der Waals surface area contributed by atoms with E-state index in [9.17, 15) is 4.79 Å². The number of halogens is 1. The highest BCUT2D eigenvalue weighted by molar-refractivity contribution is 6.30. The lowest BCUT2D eigenvalue weighted by Crippen LogP contribution is -2.30. The zero-order chi connectivity index (χ0) is 16.9. The maximum atomic E-state index is 12.4. The number of rotatable bonds is 6. The second kappa shape index (κ2) is 7.79. The molecule has 0 N–H and O–H groups in total. The van der Waals surface area contributed by atoms with Gasteiger partial charge in [-0.25, -0.2) is 0 Å². The van der Waals surface area contributed by atoms with E-state index in [1.807, 2.05) is 17.0 Å². The van der Waals surface area contributed by atoms with E-state index in [4.69, 9.17) is 16.1 Å². The van der Waals surface area contributed by atoms with Gasteiger partial charge in [0, 0.05) is 23.6 Å². The topological polar surface area (TPSA) is 59.2 Å². The molecule has 1 aliphatic rings. The molecule has 0 radical (unpaired) electrons. The Morgan fingerprint density at radius 1 is 1.33 bits per heavy atom. The molecule has 2 aromatic rings. The normalized spacial score (nSPS) is 17.4. The van der Waals surface area contributed by atoms with Crippen LogP contribution in [0.3, 0.4) is 0 Å². The molecule has 3 rings (SSSR count). The van der Waals surface area contributed by atoms with Gasteiger partial charge >= 0.3 is 0 Å². The van der Waals surface area contributed by atoms with Crippen LogP contribution in [0.1, 0.15) is 57.4 Å². The van der Waals surface area contributed by atoms with Gasteiger partial charge in [-0.05, 0) is 43.5 Å². The van der Waals surface area contributed by atoms with E-state index >= 15 is 0 Å². The Balaban J connectivity index is 1.71. The van der Waals surface area contributed by atoms with Crippen LogP contribution in [0.4, 0.5) is 0 Å². The van der Waals surface area contributed by atoms with Crippen LogP contribution in [0.15, 0.2) is 28.8 Å². The van der Waals surface area contributed by atoms with E-state index in [1.54, 1.807) is 12.1 Å². The van der Waals surface area contributed by atoms with Crippen molar-refractivity contribution in [3.05, 3.63) is 35.2 Å². The zero-order valence-corrected chi connectivity index (χ0v) is 14.6. The molecule has 1 saturated heterocycles. The Morgan fingerprint density at radius 3 is 2.88 bits per heavy atom. The minimum Gasteiger partial charge on any atom is -0.337 e. The summed E-state index contributed by atoms with van der Waals surface area (Å²) >= 11 is 5.91. The molecule has 0 spiro atoms. The third-order valence-electron chi connectivity index (χ3n) is 4.40. The van der Waals surface area contributed by atoms with Gasteiger partial charge in [-0.1, -0.05) is 36.5 Å². The third kappa shape index (κ3) is 3.78. The summed E-state index contributed by atoms with van der Waals surface area (Å²) < 4.78 is 5.45. The number of likely N-dealkylation sites (tertiary alicyclic amines) is 1. The van der Waals surface area contributed by atoms with Crippen LogP contribution >= 0.6 is 11.6 Å². The standard InChI is InChI=1S/C18H22ClN3O2/c1-2-3-4-7-16(23)22-12-5-6-15(22)18-20-17(21-24-18)13-8-10-14(19)11-9-13/h8-11,15H,2-7,12H2,1H3. The summed E-state index contributed by atoms with van der Waals surface area (Å²) in [6.45, 7) is 2.91. The van der Waals surface area contributed by atoms with Gasteiger partial charge in [-0.3, -0.25) is 4.79 Å². The first-order chi connectivity index (χ1) is 11.7. The highest BCUT2D eigenvalue weighted by Gasteiger charge is 2.33. The van der Waals surface area contributed by atoms with Crippen LogP contribution in [-0.4, -0.2) is 27.5 Å². The molecule has 6 heteroatoms. The van der Waals surface area contributed by atoms with Gasteiger partial charge in [-0.15, -0.1) is 0 Å². The first-order valence-electron chi connectivity index (χ1n) is 8.58. The Hall–Kier alpha value is -1.88. The van der Waals surface area contributed by atoms with Gasteiger partial charge < -0.3 is 9.42 Å². The number of hydrogen-bond acceptors (Lipinski definition) is 4. The van der Waals surface area contributed by atoms with Crippen molar-refractivity contribution in [1.29, 1.82) is 0 Å². The van der Waals surface area contributed by atoms with Crippen molar-refractivity contribution in [3.8, 4) is 11.4 Å². The summed E-state index contributed by atoms with van der Waals surface area (Å²) in [4.78, 5) is 18.8. The fraction of sp³-hybridized carbons (Fsp3) is 0.500. The van der Waals surface area contributed by atoms with E-state index in [-0.39, 0.29) is 11.9 Å². The van der Waals surface area contributed by atoms with Crippen LogP contribution in [0.5, 0.6) is 0 Å². The summed E-state index contributed by atoms with van der Waals surface area (Å²) in [5, 5.41) is 4.73. The average Bonchev–Trinajstić information content (AvgIpc) is 3.24. The zero-order valence-electron chi connectivity index (χ0n) is 13.9. The van der Waals surface area contributed by atoms with E-state index in [0.29, 0.717) is 23.2 Å². The predicted octanol–water partition coefficient (Wildman–Crippen LogP) is 4.63. The Labute approximate surface area is 147 Å². The SMILES string of the molecule is CCCCCC(=O)N1CCCC1c1nc(-c2ccc(Cl)cc2)no1.